The number of nitriles is 1. The summed E-state index contributed by atoms with van der Waals surface area (Å²) < 4.78 is 18.9. The molecule has 0 saturated heterocycles. The lowest BCUT2D eigenvalue weighted by Gasteiger charge is -2.22. The highest BCUT2D eigenvalue weighted by atomic mass is 19.1. The molecule has 2 aromatic rings. The van der Waals surface area contributed by atoms with Gasteiger partial charge in [0.25, 0.3) is 5.91 Å². The molecule has 0 N–H and O–H groups in total. The largest absolute Gasteiger partial charge is 0.452 e. The van der Waals surface area contributed by atoms with Crippen LogP contribution in [0.4, 0.5) is 4.39 Å². The number of esters is 1. The van der Waals surface area contributed by atoms with Gasteiger partial charge in [-0.1, -0.05) is 18.2 Å². The van der Waals surface area contributed by atoms with Crippen LogP contribution in [-0.4, -0.2) is 29.4 Å². The molecule has 1 saturated carbocycles. The maximum atomic E-state index is 13.8. The van der Waals surface area contributed by atoms with Crippen molar-refractivity contribution < 1.29 is 18.7 Å². The summed E-state index contributed by atoms with van der Waals surface area (Å²) >= 11 is 0. The summed E-state index contributed by atoms with van der Waals surface area (Å²) in [5.41, 5.74) is 1.14. The molecule has 0 unspecified atom stereocenters. The molecule has 0 aromatic heterocycles. The maximum Gasteiger partial charge on any atom is 0.338 e. The SMILES string of the molecule is N#Cc1ccc(C(=O)OCC(=O)N(Cc2ccccc2F)C2CC2)cc1. The third kappa shape index (κ3) is 4.25. The van der Waals surface area contributed by atoms with Crippen molar-refractivity contribution in [3.63, 3.8) is 0 Å². The average Bonchev–Trinajstić information content (AvgIpc) is 3.50. The van der Waals surface area contributed by atoms with E-state index in [1.165, 1.54) is 30.3 Å². The number of hydrogen-bond donors (Lipinski definition) is 0. The third-order valence-electron chi connectivity index (χ3n) is 4.18. The summed E-state index contributed by atoms with van der Waals surface area (Å²) in [5, 5.41) is 8.76. The number of carbonyl (C=O) groups is 2. The molecule has 0 bridgehead atoms. The Kier molecular flexibility index (Phi) is 5.28. The summed E-state index contributed by atoms with van der Waals surface area (Å²) in [5.74, 6) is -1.34. The van der Waals surface area contributed by atoms with Gasteiger partial charge in [0.2, 0.25) is 0 Å². The average molecular weight is 352 g/mol. The van der Waals surface area contributed by atoms with E-state index in [1.807, 2.05) is 6.07 Å². The Morgan fingerprint density at radius 2 is 1.85 bits per heavy atom. The fourth-order valence-corrected chi connectivity index (χ4v) is 2.59. The Morgan fingerprint density at radius 1 is 1.15 bits per heavy atom. The lowest BCUT2D eigenvalue weighted by molar-refractivity contribution is -0.135. The summed E-state index contributed by atoms with van der Waals surface area (Å²) in [4.78, 5) is 26.1. The van der Waals surface area contributed by atoms with Gasteiger partial charge in [-0.25, -0.2) is 9.18 Å². The molecule has 1 amide bonds. The first-order chi connectivity index (χ1) is 12.6. The molecule has 132 valence electrons. The Labute approximate surface area is 150 Å². The lowest BCUT2D eigenvalue weighted by atomic mass is 10.1. The topological polar surface area (TPSA) is 70.4 Å². The van der Waals surface area contributed by atoms with Crippen LogP contribution in [0.1, 0.15) is 34.3 Å². The number of rotatable bonds is 6. The van der Waals surface area contributed by atoms with Crippen LogP contribution in [0.15, 0.2) is 48.5 Å². The van der Waals surface area contributed by atoms with Gasteiger partial charge in [-0.2, -0.15) is 5.26 Å². The van der Waals surface area contributed by atoms with Crippen LogP contribution >= 0.6 is 0 Å². The van der Waals surface area contributed by atoms with Crippen molar-refractivity contribution in [2.24, 2.45) is 0 Å². The molecule has 6 heteroatoms. The van der Waals surface area contributed by atoms with Crippen LogP contribution in [0.25, 0.3) is 0 Å². The predicted octanol–water partition coefficient (Wildman–Crippen LogP) is 3.05. The highest BCUT2D eigenvalue weighted by Gasteiger charge is 2.33. The fraction of sp³-hybridized carbons (Fsp3) is 0.250. The van der Waals surface area contributed by atoms with E-state index < -0.39 is 12.6 Å². The first-order valence-corrected chi connectivity index (χ1v) is 8.28. The van der Waals surface area contributed by atoms with Gasteiger partial charge in [0.1, 0.15) is 5.82 Å². The first-order valence-electron chi connectivity index (χ1n) is 8.28. The zero-order valence-corrected chi connectivity index (χ0v) is 14.0. The van der Waals surface area contributed by atoms with E-state index in [4.69, 9.17) is 10.00 Å². The van der Waals surface area contributed by atoms with Crippen molar-refractivity contribution >= 4 is 11.9 Å². The highest BCUT2D eigenvalue weighted by Crippen LogP contribution is 2.29. The second kappa shape index (κ2) is 7.79. The van der Waals surface area contributed by atoms with Gasteiger partial charge in [-0.3, -0.25) is 4.79 Å². The summed E-state index contributed by atoms with van der Waals surface area (Å²) in [6.45, 7) is -0.242. The second-order valence-electron chi connectivity index (χ2n) is 6.11. The van der Waals surface area contributed by atoms with Gasteiger partial charge in [0.15, 0.2) is 6.61 Å². The Hall–Kier alpha value is -3.20. The number of benzene rings is 2. The smallest absolute Gasteiger partial charge is 0.338 e. The molecule has 26 heavy (non-hydrogen) atoms. The molecule has 1 aliphatic rings. The molecule has 0 heterocycles. The number of ether oxygens (including phenoxy) is 1. The van der Waals surface area contributed by atoms with E-state index in [9.17, 15) is 14.0 Å². The van der Waals surface area contributed by atoms with Crippen LogP contribution in [0, 0.1) is 17.1 Å². The van der Waals surface area contributed by atoms with Crippen molar-refractivity contribution in [2.45, 2.75) is 25.4 Å². The van der Waals surface area contributed by atoms with Crippen LogP contribution in [-0.2, 0) is 16.1 Å². The maximum absolute atomic E-state index is 13.8. The summed E-state index contributed by atoms with van der Waals surface area (Å²) in [6.07, 6.45) is 1.73. The van der Waals surface area contributed by atoms with Gasteiger partial charge >= 0.3 is 5.97 Å². The van der Waals surface area contributed by atoms with Gasteiger partial charge in [0, 0.05) is 18.2 Å². The van der Waals surface area contributed by atoms with Crippen molar-refractivity contribution in [1.82, 2.24) is 4.90 Å². The third-order valence-corrected chi connectivity index (χ3v) is 4.18. The predicted molar refractivity (Wildman–Crippen MR) is 91.4 cm³/mol. The van der Waals surface area contributed by atoms with Crippen molar-refractivity contribution in [1.29, 1.82) is 5.26 Å². The molecule has 3 rings (SSSR count). The van der Waals surface area contributed by atoms with Crippen molar-refractivity contribution in [2.75, 3.05) is 6.61 Å². The molecule has 0 atom stereocenters. The van der Waals surface area contributed by atoms with E-state index in [-0.39, 0.29) is 29.9 Å². The Balaban J connectivity index is 1.60. The first kappa shape index (κ1) is 17.6. The van der Waals surface area contributed by atoms with Crippen LogP contribution in [0.3, 0.4) is 0 Å². The Bertz CT molecular complexity index is 854. The molecule has 1 aliphatic carbocycles. The molecule has 5 nitrogen and oxygen atoms in total. The quantitative estimate of drug-likeness (QED) is 0.749. The molecule has 2 aromatic carbocycles. The molecule has 1 fully saturated rings. The van der Waals surface area contributed by atoms with Crippen molar-refractivity contribution in [3.8, 4) is 6.07 Å². The van der Waals surface area contributed by atoms with Gasteiger partial charge < -0.3 is 9.64 Å². The van der Waals surface area contributed by atoms with Crippen LogP contribution in [0.5, 0.6) is 0 Å². The molecule has 0 radical (unpaired) electrons. The van der Waals surface area contributed by atoms with Crippen LogP contribution < -0.4 is 0 Å². The lowest BCUT2D eigenvalue weighted by Crippen LogP contribution is -2.36. The van der Waals surface area contributed by atoms with Gasteiger partial charge in [0.05, 0.1) is 17.2 Å². The minimum atomic E-state index is -0.635. The molecule has 0 spiro atoms. The minimum absolute atomic E-state index is 0.0655. The minimum Gasteiger partial charge on any atom is -0.452 e. The normalized spacial score (nSPS) is 12.9. The summed E-state index contributed by atoms with van der Waals surface area (Å²) in [7, 11) is 0. The fourth-order valence-electron chi connectivity index (χ4n) is 2.59. The van der Waals surface area contributed by atoms with E-state index in [1.54, 1.807) is 23.1 Å². The van der Waals surface area contributed by atoms with E-state index >= 15 is 0 Å². The highest BCUT2D eigenvalue weighted by molar-refractivity contribution is 5.91. The monoisotopic (exact) mass is 352 g/mol. The molecular formula is C20H17FN2O3. The van der Waals surface area contributed by atoms with E-state index in [2.05, 4.69) is 0 Å². The number of halogens is 1. The van der Waals surface area contributed by atoms with Gasteiger partial charge in [-0.05, 0) is 43.2 Å². The van der Waals surface area contributed by atoms with Crippen LogP contribution in [0.2, 0.25) is 0 Å². The van der Waals surface area contributed by atoms with E-state index in [0.717, 1.165) is 12.8 Å². The Morgan fingerprint density at radius 3 is 2.46 bits per heavy atom. The zero-order chi connectivity index (χ0) is 18.5. The number of nitrogens with zero attached hydrogens (tertiary/aromatic N) is 2. The second-order valence-corrected chi connectivity index (χ2v) is 6.11. The molecule has 0 aliphatic heterocycles. The number of carbonyl (C=O) groups excluding carboxylic acids is 2. The standard InChI is InChI=1S/C20H17FN2O3/c21-18-4-2-1-3-16(18)12-23(17-9-10-17)19(24)13-26-20(25)15-7-5-14(11-22)6-8-15/h1-8,17H,9-10,12-13H2. The summed E-state index contributed by atoms with van der Waals surface area (Å²) in [6, 6.07) is 14.3. The van der Waals surface area contributed by atoms with Crippen molar-refractivity contribution in [3.05, 3.63) is 71.0 Å². The number of hydrogen-bond acceptors (Lipinski definition) is 4. The number of amides is 1. The van der Waals surface area contributed by atoms with Gasteiger partial charge in [-0.15, -0.1) is 0 Å². The van der Waals surface area contributed by atoms with E-state index in [0.29, 0.717) is 11.1 Å². The molecular weight excluding hydrogens is 335 g/mol. The zero-order valence-electron chi connectivity index (χ0n) is 14.0.